The number of hydrogen-bond acceptors (Lipinski definition) is 4. The maximum atomic E-state index is 11.9. The summed E-state index contributed by atoms with van der Waals surface area (Å²) in [5.41, 5.74) is 7.49. The first-order chi connectivity index (χ1) is 8.66. The average Bonchev–Trinajstić information content (AvgIpc) is 2.37. The Morgan fingerprint density at radius 3 is 3.11 bits per heavy atom. The predicted octanol–water partition coefficient (Wildman–Crippen LogP) is 1.27. The van der Waals surface area contributed by atoms with E-state index in [1.54, 1.807) is 6.07 Å². The number of pyridine rings is 1. The van der Waals surface area contributed by atoms with Crippen molar-refractivity contribution in [1.82, 2.24) is 10.3 Å². The van der Waals surface area contributed by atoms with Crippen molar-refractivity contribution in [3.8, 4) is 0 Å². The van der Waals surface area contributed by atoms with Crippen molar-refractivity contribution in [3.63, 3.8) is 0 Å². The van der Waals surface area contributed by atoms with Gasteiger partial charge in [-0.15, -0.1) is 0 Å². The fraction of sp³-hybridized carbons (Fsp3) is 0.538. The van der Waals surface area contributed by atoms with Crippen LogP contribution in [-0.4, -0.2) is 30.1 Å². The molecule has 98 valence electrons. The van der Waals surface area contributed by atoms with Crippen molar-refractivity contribution in [1.29, 1.82) is 0 Å². The maximum Gasteiger partial charge on any atom is 0.255 e. The van der Waals surface area contributed by atoms with Gasteiger partial charge in [-0.25, -0.2) is 0 Å². The summed E-state index contributed by atoms with van der Waals surface area (Å²) < 4.78 is 5.55. The number of carbonyl (C=O) groups is 1. The molecule has 1 aromatic rings. The summed E-state index contributed by atoms with van der Waals surface area (Å²) in [5.74, 6) is -0.186. The third kappa shape index (κ3) is 3.20. The molecule has 2 rings (SSSR count). The van der Waals surface area contributed by atoms with E-state index in [0.29, 0.717) is 17.8 Å². The van der Waals surface area contributed by atoms with Crippen LogP contribution in [0.25, 0.3) is 0 Å². The molecular weight excluding hydrogens is 230 g/mol. The standard InChI is InChI=1S/C13H19N3O2/c1-9-6-12(14)11(8-15-9)13(17)16-7-10-4-2-3-5-18-10/h6,8,10H,2-5,7H2,1H3,(H2,14,15)(H,16,17). The average molecular weight is 249 g/mol. The summed E-state index contributed by atoms with van der Waals surface area (Å²) in [6, 6.07) is 1.70. The quantitative estimate of drug-likeness (QED) is 0.845. The molecule has 0 radical (unpaired) electrons. The van der Waals surface area contributed by atoms with Gasteiger partial charge in [-0.1, -0.05) is 0 Å². The lowest BCUT2D eigenvalue weighted by Crippen LogP contribution is -2.35. The predicted molar refractivity (Wildman–Crippen MR) is 69.3 cm³/mol. The summed E-state index contributed by atoms with van der Waals surface area (Å²) in [6.45, 7) is 3.16. The molecule has 5 heteroatoms. The zero-order chi connectivity index (χ0) is 13.0. The molecule has 1 aliphatic rings. The number of carbonyl (C=O) groups excluding carboxylic acids is 1. The van der Waals surface area contributed by atoms with E-state index in [0.717, 1.165) is 31.6 Å². The molecule has 0 aromatic carbocycles. The molecule has 0 bridgehead atoms. The molecule has 1 atom stereocenters. The van der Waals surface area contributed by atoms with Gasteiger partial charge in [0.05, 0.1) is 11.7 Å². The van der Waals surface area contributed by atoms with Gasteiger partial charge >= 0.3 is 0 Å². The van der Waals surface area contributed by atoms with Crippen LogP contribution in [-0.2, 0) is 4.74 Å². The first kappa shape index (κ1) is 12.8. The lowest BCUT2D eigenvalue weighted by Gasteiger charge is -2.22. The van der Waals surface area contributed by atoms with Crippen molar-refractivity contribution in [3.05, 3.63) is 23.5 Å². The molecule has 1 fully saturated rings. The Bertz CT molecular complexity index is 428. The second-order valence-corrected chi connectivity index (χ2v) is 4.61. The molecule has 3 N–H and O–H groups in total. The van der Waals surface area contributed by atoms with Gasteiger partial charge in [0.1, 0.15) is 0 Å². The van der Waals surface area contributed by atoms with E-state index in [4.69, 9.17) is 10.5 Å². The molecule has 1 aliphatic heterocycles. The molecule has 0 saturated carbocycles. The highest BCUT2D eigenvalue weighted by Gasteiger charge is 2.16. The molecule has 1 amide bonds. The van der Waals surface area contributed by atoms with Crippen molar-refractivity contribution in [2.24, 2.45) is 0 Å². The summed E-state index contributed by atoms with van der Waals surface area (Å²) in [5, 5.41) is 2.85. The number of nitrogens with zero attached hydrogens (tertiary/aromatic N) is 1. The number of hydrogen-bond donors (Lipinski definition) is 2. The number of anilines is 1. The van der Waals surface area contributed by atoms with E-state index >= 15 is 0 Å². The Balaban J connectivity index is 1.90. The number of amides is 1. The Morgan fingerprint density at radius 2 is 2.44 bits per heavy atom. The number of ether oxygens (including phenoxy) is 1. The van der Waals surface area contributed by atoms with E-state index in [9.17, 15) is 4.79 Å². The molecule has 1 saturated heterocycles. The number of aromatic nitrogens is 1. The first-order valence-electron chi connectivity index (χ1n) is 6.29. The van der Waals surface area contributed by atoms with Gasteiger partial charge in [0.25, 0.3) is 5.91 Å². The van der Waals surface area contributed by atoms with Crippen LogP contribution < -0.4 is 11.1 Å². The molecule has 18 heavy (non-hydrogen) atoms. The number of rotatable bonds is 3. The van der Waals surface area contributed by atoms with Gasteiger partial charge in [-0.3, -0.25) is 9.78 Å². The third-order valence-electron chi connectivity index (χ3n) is 3.08. The SMILES string of the molecule is Cc1cc(N)c(C(=O)NCC2CCCCO2)cn1. The summed E-state index contributed by atoms with van der Waals surface area (Å²) in [6.07, 6.45) is 4.92. The highest BCUT2D eigenvalue weighted by molar-refractivity contribution is 5.98. The number of nitrogens with two attached hydrogens (primary N) is 1. The minimum Gasteiger partial charge on any atom is -0.398 e. The Hall–Kier alpha value is -1.62. The van der Waals surface area contributed by atoms with Gasteiger partial charge in [-0.05, 0) is 32.3 Å². The van der Waals surface area contributed by atoms with Crippen molar-refractivity contribution >= 4 is 11.6 Å². The van der Waals surface area contributed by atoms with E-state index in [-0.39, 0.29) is 12.0 Å². The topological polar surface area (TPSA) is 77.2 Å². The smallest absolute Gasteiger partial charge is 0.255 e. The molecule has 1 unspecified atom stereocenters. The summed E-state index contributed by atoms with van der Waals surface area (Å²) in [7, 11) is 0. The Kier molecular flexibility index (Phi) is 4.15. The lowest BCUT2D eigenvalue weighted by atomic mass is 10.1. The highest BCUT2D eigenvalue weighted by atomic mass is 16.5. The van der Waals surface area contributed by atoms with Crippen LogP contribution >= 0.6 is 0 Å². The lowest BCUT2D eigenvalue weighted by molar-refractivity contribution is 0.0169. The van der Waals surface area contributed by atoms with Gasteiger partial charge < -0.3 is 15.8 Å². The highest BCUT2D eigenvalue weighted by Crippen LogP contribution is 2.13. The van der Waals surface area contributed by atoms with Gasteiger partial charge in [-0.2, -0.15) is 0 Å². The maximum absolute atomic E-state index is 11.9. The fourth-order valence-electron chi connectivity index (χ4n) is 2.04. The molecule has 1 aromatic heterocycles. The first-order valence-corrected chi connectivity index (χ1v) is 6.29. The molecule has 0 spiro atoms. The van der Waals surface area contributed by atoms with Crippen LogP contribution in [0.4, 0.5) is 5.69 Å². The zero-order valence-electron chi connectivity index (χ0n) is 10.6. The fourth-order valence-corrected chi connectivity index (χ4v) is 2.04. The minimum atomic E-state index is -0.186. The number of aryl methyl sites for hydroxylation is 1. The molecule has 0 aliphatic carbocycles. The number of nitrogens with one attached hydrogen (secondary N) is 1. The van der Waals surface area contributed by atoms with Gasteiger partial charge in [0.15, 0.2) is 0 Å². The van der Waals surface area contributed by atoms with Crippen LogP contribution in [0.3, 0.4) is 0 Å². The van der Waals surface area contributed by atoms with Crippen LogP contribution in [0, 0.1) is 6.92 Å². The van der Waals surface area contributed by atoms with Crippen LogP contribution in [0.15, 0.2) is 12.3 Å². The molecule has 5 nitrogen and oxygen atoms in total. The normalized spacial score (nSPS) is 19.5. The van der Waals surface area contributed by atoms with Crippen LogP contribution in [0.5, 0.6) is 0 Å². The molecule has 2 heterocycles. The third-order valence-corrected chi connectivity index (χ3v) is 3.08. The Labute approximate surface area is 107 Å². The minimum absolute atomic E-state index is 0.127. The Morgan fingerprint density at radius 1 is 1.61 bits per heavy atom. The number of nitrogen functional groups attached to an aromatic ring is 1. The van der Waals surface area contributed by atoms with Crippen LogP contribution in [0.2, 0.25) is 0 Å². The molecular formula is C13H19N3O2. The van der Waals surface area contributed by atoms with E-state index in [2.05, 4.69) is 10.3 Å². The van der Waals surface area contributed by atoms with Gasteiger partial charge in [0, 0.05) is 30.7 Å². The van der Waals surface area contributed by atoms with E-state index < -0.39 is 0 Å². The monoisotopic (exact) mass is 249 g/mol. The van der Waals surface area contributed by atoms with E-state index in [1.165, 1.54) is 6.20 Å². The van der Waals surface area contributed by atoms with Crippen molar-refractivity contribution in [2.45, 2.75) is 32.3 Å². The second kappa shape index (κ2) is 5.82. The zero-order valence-corrected chi connectivity index (χ0v) is 10.6. The van der Waals surface area contributed by atoms with E-state index in [1.807, 2.05) is 6.92 Å². The largest absolute Gasteiger partial charge is 0.398 e. The van der Waals surface area contributed by atoms with Crippen molar-refractivity contribution in [2.75, 3.05) is 18.9 Å². The second-order valence-electron chi connectivity index (χ2n) is 4.61. The van der Waals surface area contributed by atoms with Crippen molar-refractivity contribution < 1.29 is 9.53 Å². The summed E-state index contributed by atoms with van der Waals surface area (Å²) >= 11 is 0. The summed E-state index contributed by atoms with van der Waals surface area (Å²) in [4.78, 5) is 16.0. The van der Waals surface area contributed by atoms with Crippen LogP contribution in [0.1, 0.15) is 35.3 Å². The van der Waals surface area contributed by atoms with Gasteiger partial charge in [0.2, 0.25) is 0 Å².